The van der Waals surface area contributed by atoms with Crippen LogP contribution in [0.2, 0.25) is 5.02 Å². The van der Waals surface area contributed by atoms with Crippen molar-refractivity contribution in [3.63, 3.8) is 0 Å². The van der Waals surface area contributed by atoms with Crippen molar-refractivity contribution in [1.82, 2.24) is 4.90 Å². The molecule has 3 amide bonds. The van der Waals surface area contributed by atoms with E-state index < -0.39 is 23.6 Å². The zero-order valence-electron chi connectivity index (χ0n) is 15.3. The topological polar surface area (TPSA) is 96.7 Å². The molecule has 3 aromatic rings. The van der Waals surface area contributed by atoms with E-state index in [1.165, 1.54) is 12.3 Å². The smallest absolute Gasteiger partial charge is 0.294 e. The van der Waals surface area contributed by atoms with Crippen LogP contribution >= 0.6 is 23.4 Å². The predicted molar refractivity (Wildman–Crippen MR) is 115 cm³/mol. The summed E-state index contributed by atoms with van der Waals surface area (Å²) in [4.78, 5) is 50.6. The van der Waals surface area contributed by atoms with Gasteiger partial charge in [0.15, 0.2) is 5.43 Å². The van der Waals surface area contributed by atoms with Crippen LogP contribution in [-0.2, 0) is 9.59 Å². The lowest BCUT2D eigenvalue weighted by Gasteiger charge is -2.12. The molecule has 1 aliphatic rings. The fourth-order valence-electron chi connectivity index (χ4n) is 2.88. The lowest BCUT2D eigenvalue weighted by Crippen LogP contribution is -2.36. The minimum absolute atomic E-state index is 0.0399. The Hall–Kier alpha value is -3.36. The van der Waals surface area contributed by atoms with Gasteiger partial charge in [-0.05, 0) is 48.2 Å². The van der Waals surface area contributed by atoms with Crippen LogP contribution in [0.3, 0.4) is 0 Å². The third-order valence-electron chi connectivity index (χ3n) is 4.28. The van der Waals surface area contributed by atoms with E-state index in [0.717, 1.165) is 4.90 Å². The highest BCUT2D eigenvalue weighted by atomic mass is 35.5. The van der Waals surface area contributed by atoms with Crippen molar-refractivity contribution in [2.45, 2.75) is 0 Å². The molecule has 0 spiro atoms. The Kier molecular flexibility index (Phi) is 5.43. The Balaban J connectivity index is 1.53. The zero-order valence-corrected chi connectivity index (χ0v) is 16.8. The molecule has 1 aromatic heterocycles. The van der Waals surface area contributed by atoms with E-state index in [1.807, 2.05) is 0 Å². The van der Waals surface area contributed by atoms with E-state index >= 15 is 0 Å². The number of benzene rings is 2. The summed E-state index contributed by atoms with van der Waals surface area (Å²) >= 11 is 6.53. The molecule has 1 aliphatic heterocycles. The molecule has 2 heterocycles. The number of carbonyl (C=O) groups excluding carboxylic acids is 3. The number of hydrogen-bond acceptors (Lipinski definition) is 6. The van der Waals surface area contributed by atoms with Crippen LogP contribution in [0, 0.1) is 0 Å². The Morgan fingerprint density at radius 2 is 1.93 bits per heavy atom. The SMILES string of the molecule is O=C(CN1C(=O)S/C(=C\c2coc3ccccc3c2=O)C1=O)Nc1cccc(Cl)c1. The molecule has 0 unspecified atom stereocenters. The number of fused-ring (bicyclic) bond motifs is 1. The van der Waals surface area contributed by atoms with E-state index in [4.69, 9.17) is 16.0 Å². The second-order valence-electron chi connectivity index (χ2n) is 6.34. The van der Waals surface area contributed by atoms with Crippen LogP contribution in [0.15, 0.2) is 68.9 Å². The van der Waals surface area contributed by atoms with Crippen molar-refractivity contribution >= 4 is 63.1 Å². The average molecular weight is 441 g/mol. The van der Waals surface area contributed by atoms with Crippen molar-refractivity contribution in [2.75, 3.05) is 11.9 Å². The monoisotopic (exact) mass is 440 g/mol. The van der Waals surface area contributed by atoms with Crippen molar-refractivity contribution in [2.24, 2.45) is 0 Å². The van der Waals surface area contributed by atoms with Crippen LogP contribution in [0.5, 0.6) is 0 Å². The molecule has 1 saturated heterocycles. The highest BCUT2D eigenvalue weighted by Gasteiger charge is 2.36. The molecule has 0 radical (unpaired) electrons. The number of amides is 3. The van der Waals surface area contributed by atoms with Crippen molar-refractivity contribution in [3.05, 3.63) is 80.5 Å². The van der Waals surface area contributed by atoms with Crippen LogP contribution in [-0.4, -0.2) is 28.5 Å². The van der Waals surface area contributed by atoms with E-state index in [9.17, 15) is 19.2 Å². The Labute approximate surface area is 179 Å². The second-order valence-corrected chi connectivity index (χ2v) is 7.77. The first-order valence-electron chi connectivity index (χ1n) is 8.74. The normalized spacial score (nSPS) is 15.2. The number of nitrogens with zero attached hydrogens (tertiary/aromatic N) is 1. The largest absolute Gasteiger partial charge is 0.463 e. The first kappa shape index (κ1) is 19.9. The van der Waals surface area contributed by atoms with E-state index in [-0.39, 0.29) is 15.9 Å². The lowest BCUT2D eigenvalue weighted by atomic mass is 10.1. The molecule has 2 aromatic carbocycles. The van der Waals surface area contributed by atoms with Gasteiger partial charge in [0, 0.05) is 10.7 Å². The number of thioether (sulfide) groups is 1. The van der Waals surface area contributed by atoms with Crippen LogP contribution < -0.4 is 10.7 Å². The maximum absolute atomic E-state index is 12.6. The molecule has 30 heavy (non-hydrogen) atoms. The standard InChI is InChI=1S/C21H13ClN2O5S/c22-13-4-3-5-14(9-13)23-18(25)10-24-20(27)17(30-21(24)28)8-12-11-29-16-7-2-1-6-15(16)19(12)26/h1-9,11H,10H2,(H,23,25)/b17-8-. The molecule has 1 fully saturated rings. The molecule has 0 bridgehead atoms. The number of para-hydroxylation sites is 1. The number of carbonyl (C=O) groups is 3. The number of hydrogen-bond donors (Lipinski definition) is 1. The van der Waals surface area contributed by atoms with Gasteiger partial charge in [-0.25, -0.2) is 0 Å². The fraction of sp³-hybridized carbons (Fsp3) is 0.0476. The van der Waals surface area contributed by atoms with Crippen LogP contribution in [0.25, 0.3) is 17.0 Å². The number of imide groups is 1. The molecule has 1 N–H and O–H groups in total. The molecular formula is C21H13ClN2O5S. The van der Waals surface area contributed by atoms with E-state index in [1.54, 1.807) is 48.5 Å². The van der Waals surface area contributed by atoms with Gasteiger partial charge in [0.25, 0.3) is 11.1 Å². The molecule has 150 valence electrons. The zero-order chi connectivity index (χ0) is 21.3. The molecule has 7 nitrogen and oxygen atoms in total. The summed E-state index contributed by atoms with van der Waals surface area (Å²) in [7, 11) is 0. The highest BCUT2D eigenvalue weighted by Crippen LogP contribution is 2.32. The molecule has 0 saturated carbocycles. The van der Waals surface area contributed by atoms with Gasteiger partial charge in [-0.2, -0.15) is 0 Å². The van der Waals surface area contributed by atoms with Gasteiger partial charge in [-0.3, -0.25) is 24.1 Å². The van der Waals surface area contributed by atoms with E-state index in [0.29, 0.717) is 33.4 Å². The minimum Gasteiger partial charge on any atom is -0.463 e. The summed E-state index contributed by atoms with van der Waals surface area (Å²) in [5, 5.41) is 2.79. The van der Waals surface area contributed by atoms with Crippen LogP contribution in [0.4, 0.5) is 10.5 Å². The predicted octanol–water partition coefficient (Wildman–Crippen LogP) is 4.12. The molecular weight excluding hydrogens is 428 g/mol. The summed E-state index contributed by atoms with van der Waals surface area (Å²) < 4.78 is 5.42. The fourth-order valence-corrected chi connectivity index (χ4v) is 3.90. The lowest BCUT2D eigenvalue weighted by molar-refractivity contribution is -0.127. The van der Waals surface area contributed by atoms with Gasteiger partial charge < -0.3 is 9.73 Å². The van der Waals surface area contributed by atoms with Gasteiger partial charge in [0.1, 0.15) is 18.4 Å². The maximum Gasteiger partial charge on any atom is 0.294 e. The minimum atomic E-state index is -0.654. The molecule has 0 atom stereocenters. The molecule has 0 aliphatic carbocycles. The maximum atomic E-state index is 12.6. The number of anilines is 1. The summed E-state index contributed by atoms with van der Waals surface area (Å²) in [6, 6.07) is 13.2. The summed E-state index contributed by atoms with van der Waals surface area (Å²) in [6.45, 7) is -0.457. The second kappa shape index (κ2) is 8.17. The van der Waals surface area contributed by atoms with Gasteiger partial charge in [0.05, 0.1) is 15.9 Å². The van der Waals surface area contributed by atoms with E-state index in [2.05, 4.69) is 5.32 Å². The average Bonchev–Trinajstić information content (AvgIpc) is 2.97. The third-order valence-corrected chi connectivity index (χ3v) is 5.42. The highest BCUT2D eigenvalue weighted by molar-refractivity contribution is 8.18. The van der Waals surface area contributed by atoms with Gasteiger partial charge in [-0.1, -0.05) is 29.8 Å². The summed E-state index contributed by atoms with van der Waals surface area (Å²) in [5.74, 6) is -1.20. The number of rotatable bonds is 4. The third kappa shape index (κ3) is 4.00. The summed E-state index contributed by atoms with van der Waals surface area (Å²) in [5.41, 5.74) is 0.694. The van der Waals surface area contributed by atoms with Crippen LogP contribution in [0.1, 0.15) is 5.56 Å². The van der Waals surface area contributed by atoms with Gasteiger partial charge in [-0.15, -0.1) is 0 Å². The number of halogens is 1. The Bertz CT molecular complexity index is 1280. The molecule has 9 heteroatoms. The van der Waals surface area contributed by atoms with Crippen molar-refractivity contribution in [3.8, 4) is 0 Å². The number of nitrogens with one attached hydrogen (secondary N) is 1. The Morgan fingerprint density at radius 3 is 2.73 bits per heavy atom. The first-order chi connectivity index (χ1) is 14.4. The molecule has 4 rings (SSSR count). The van der Waals surface area contributed by atoms with Gasteiger partial charge >= 0.3 is 0 Å². The summed E-state index contributed by atoms with van der Waals surface area (Å²) in [6.07, 6.45) is 2.54. The van der Waals surface area contributed by atoms with Gasteiger partial charge in [0.2, 0.25) is 5.91 Å². The Morgan fingerprint density at radius 1 is 1.13 bits per heavy atom. The quantitative estimate of drug-likeness (QED) is 0.613. The first-order valence-corrected chi connectivity index (χ1v) is 9.93. The van der Waals surface area contributed by atoms with Crippen molar-refractivity contribution < 1.29 is 18.8 Å². The van der Waals surface area contributed by atoms with Crippen molar-refractivity contribution in [1.29, 1.82) is 0 Å².